The summed E-state index contributed by atoms with van der Waals surface area (Å²) in [5, 5.41) is 0. The van der Waals surface area contributed by atoms with Crippen LogP contribution < -0.4 is 5.73 Å². The fraction of sp³-hybridized carbons (Fsp3) is 0.286. The standard InChI is InChI=1S/C7H6INOS/c8-6-1-3-4(9)2-5(10)7(3)11-6/h1,4H,2,9H2. The SMILES string of the molecule is NC1CC(=O)c2sc(I)cc21. The maximum absolute atomic E-state index is 11.2. The van der Waals surface area contributed by atoms with E-state index < -0.39 is 0 Å². The highest BCUT2D eigenvalue weighted by atomic mass is 127. The van der Waals surface area contributed by atoms with Crippen LogP contribution in [0.15, 0.2) is 6.07 Å². The Bertz CT molecular complexity index is 320. The van der Waals surface area contributed by atoms with Crippen molar-refractivity contribution in [1.29, 1.82) is 0 Å². The molecule has 0 fully saturated rings. The second kappa shape index (κ2) is 2.53. The Kier molecular flexibility index (Phi) is 1.77. The number of hydrogen-bond acceptors (Lipinski definition) is 3. The molecule has 0 radical (unpaired) electrons. The molecule has 4 heteroatoms. The van der Waals surface area contributed by atoms with E-state index in [2.05, 4.69) is 22.6 Å². The van der Waals surface area contributed by atoms with E-state index in [-0.39, 0.29) is 11.8 Å². The smallest absolute Gasteiger partial charge is 0.175 e. The fourth-order valence-corrected chi connectivity index (χ4v) is 3.17. The van der Waals surface area contributed by atoms with Gasteiger partial charge in [-0.05, 0) is 34.2 Å². The molecule has 0 aliphatic heterocycles. The minimum absolute atomic E-state index is 0.0442. The Hall–Kier alpha value is 0.0600. The summed E-state index contributed by atoms with van der Waals surface area (Å²) in [4.78, 5) is 12.1. The third-order valence-corrected chi connectivity index (χ3v) is 3.74. The predicted octanol–water partition coefficient (Wildman–Crippen LogP) is 1.94. The van der Waals surface area contributed by atoms with Gasteiger partial charge in [0.25, 0.3) is 0 Å². The lowest BCUT2D eigenvalue weighted by Crippen LogP contribution is -2.05. The van der Waals surface area contributed by atoms with Crippen LogP contribution in [-0.2, 0) is 0 Å². The van der Waals surface area contributed by atoms with E-state index in [4.69, 9.17) is 5.73 Å². The molecule has 1 atom stereocenters. The summed E-state index contributed by atoms with van der Waals surface area (Å²) in [6, 6.07) is 1.97. The van der Waals surface area contributed by atoms with Gasteiger partial charge in [-0.15, -0.1) is 11.3 Å². The molecule has 1 unspecified atom stereocenters. The van der Waals surface area contributed by atoms with Crippen molar-refractivity contribution in [3.05, 3.63) is 19.4 Å². The maximum atomic E-state index is 11.2. The van der Waals surface area contributed by atoms with Gasteiger partial charge in [-0.1, -0.05) is 0 Å². The quantitative estimate of drug-likeness (QED) is 0.737. The van der Waals surface area contributed by atoms with Crippen molar-refractivity contribution in [2.75, 3.05) is 0 Å². The van der Waals surface area contributed by atoms with E-state index in [9.17, 15) is 4.79 Å². The lowest BCUT2D eigenvalue weighted by Gasteiger charge is -1.96. The van der Waals surface area contributed by atoms with Crippen LogP contribution in [-0.4, -0.2) is 5.78 Å². The molecule has 1 aliphatic carbocycles. The van der Waals surface area contributed by atoms with E-state index in [1.165, 1.54) is 0 Å². The molecule has 0 saturated carbocycles. The summed E-state index contributed by atoms with van der Waals surface area (Å²) in [5.74, 6) is 0.209. The molecular formula is C7H6INOS. The highest BCUT2D eigenvalue weighted by Gasteiger charge is 2.28. The van der Waals surface area contributed by atoms with E-state index >= 15 is 0 Å². The van der Waals surface area contributed by atoms with E-state index in [1.54, 1.807) is 11.3 Å². The Morgan fingerprint density at radius 1 is 1.73 bits per heavy atom. The summed E-state index contributed by atoms with van der Waals surface area (Å²) < 4.78 is 1.15. The Labute approximate surface area is 81.9 Å². The fourth-order valence-electron chi connectivity index (χ4n) is 1.27. The predicted molar refractivity (Wildman–Crippen MR) is 52.9 cm³/mol. The number of halogens is 1. The average molecular weight is 279 g/mol. The minimum atomic E-state index is -0.0442. The topological polar surface area (TPSA) is 43.1 Å². The summed E-state index contributed by atoms with van der Waals surface area (Å²) >= 11 is 3.76. The molecule has 1 aliphatic rings. The lowest BCUT2D eigenvalue weighted by molar-refractivity contribution is 0.0992. The van der Waals surface area contributed by atoms with Gasteiger partial charge >= 0.3 is 0 Å². The minimum Gasteiger partial charge on any atom is -0.324 e. The first kappa shape index (κ1) is 7.70. The number of nitrogens with two attached hydrogens (primary N) is 1. The number of ketones is 1. The zero-order valence-electron chi connectivity index (χ0n) is 5.63. The van der Waals surface area contributed by atoms with Crippen molar-refractivity contribution < 1.29 is 4.79 Å². The van der Waals surface area contributed by atoms with Crippen LogP contribution >= 0.6 is 33.9 Å². The van der Waals surface area contributed by atoms with Crippen molar-refractivity contribution in [3.63, 3.8) is 0 Å². The molecule has 0 amide bonds. The van der Waals surface area contributed by atoms with Crippen LogP contribution in [0.25, 0.3) is 0 Å². The number of fused-ring (bicyclic) bond motifs is 1. The average Bonchev–Trinajstić information content (AvgIpc) is 2.38. The zero-order chi connectivity index (χ0) is 8.01. The molecule has 2 nitrogen and oxygen atoms in total. The molecule has 0 spiro atoms. The van der Waals surface area contributed by atoms with Crippen LogP contribution in [0, 0.1) is 2.88 Å². The van der Waals surface area contributed by atoms with Crippen molar-refractivity contribution >= 4 is 39.7 Å². The molecule has 1 aromatic heterocycles. The first-order valence-electron chi connectivity index (χ1n) is 3.26. The van der Waals surface area contributed by atoms with E-state index in [1.807, 2.05) is 6.07 Å². The van der Waals surface area contributed by atoms with Crippen molar-refractivity contribution in [2.45, 2.75) is 12.5 Å². The highest BCUT2D eigenvalue weighted by molar-refractivity contribution is 14.1. The molecule has 0 aromatic carbocycles. The van der Waals surface area contributed by atoms with Crippen molar-refractivity contribution in [1.82, 2.24) is 0 Å². The third-order valence-electron chi connectivity index (χ3n) is 1.79. The monoisotopic (exact) mass is 279 g/mol. The van der Waals surface area contributed by atoms with Gasteiger partial charge in [-0.3, -0.25) is 4.79 Å². The molecule has 0 saturated heterocycles. The van der Waals surface area contributed by atoms with Crippen molar-refractivity contribution in [2.24, 2.45) is 5.73 Å². The Balaban J connectivity index is 2.58. The van der Waals surface area contributed by atoms with E-state index in [0.717, 1.165) is 13.3 Å². The van der Waals surface area contributed by atoms with Gasteiger partial charge in [0, 0.05) is 12.5 Å². The van der Waals surface area contributed by atoms with Crippen LogP contribution in [0.2, 0.25) is 0 Å². The normalized spacial score (nSPS) is 22.4. The molecule has 0 bridgehead atoms. The van der Waals surface area contributed by atoms with Gasteiger partial charge in [0.1, 0.15) is 0 Å². The van der Waals surface area contributed by atoms with Crippen LogP contribution in [0.4, 0.5) is 0 Å². The van der Waals surface area contributed by atoms with E-state index in [0.29, 0.717) is 6.42 Å². The molecule has 1 heterocycles. The lowest BCUT2D eigenvalue weighted by atomic mass is 10.2. The molecule has 58 valence electrons. The van der Waals surface area contributed by atoms with Gasteiger partial charge in [-0.25, -0.2) is 0 Å². The number of carbonyl (C=O) groups is 1. The van der Waals surface area contributed by atoms with Gasteiger partial charge in [0.15, 0.2) is 5.78 Å². The summed E-state index contributed by atoms with van der Waals surface area (Å²) in [7, 11) is 0. The largest absolute Gasteiger partial charge is 0.324 e. The first-order valence-corrected chi connectivity index (χ1v) is 5.16. The Morgan fingerprint density at radius 2 is 2.45 bits per heavy atom. The second-order valence-electron chi connectivity index (χ2n) is 2.57. The molecular weight excluding hydrogens is 273 g/mol. The number of carbonyl (C=O) groups excluding carboxylic acids is 1. The number of hydrogen-bond donors (Lipinski definition) is 1. The number of Topliss-reactive ketones (excluding diaryl/α,β-unsaturated/α-hetero) is 1. The van der Waals surface area contributed by atoms with Crippen LogP contribution in [0.5, 0.6) is 0 Å². The zero-order valence-corrected chi connectivity index (χ0v) is 8.61. The highest BCUT2D eigenvalue weighted by Crippen LogP contribution is 2.36. The van der Waals surface area contributed by atoms with Gasteiger partial charge in [0.2, 0.25) is 0 Å². The second-order valence-corrected chi connectivity index (χ2v) is 5.52. The summed E-state index contributed by atoms with van der Waals surface area (Å²) in [6.07, 6.45) is 0.498. The third kappa shape index (κ3) is 1.13. The van der Waals surface area contributed by atoms with Gasteiger partial charge in [-0.2, -0.15) is 0 Å². The number of thiophene rings is 1. The molecule has 11 heavy (non-hydrogen) atoms. The summed E-state index contributed by atoms with van der Waals surface area (Å²) in [6.45, 7) is 0. The van der Waals surface area contributed by atoms with Crippen LogP contribution in [0.1, 0.15) is 27.7 Å². The molecule has 1 aromatic rings. The van der Waals surface area contributed by atoms with Crippen LogP contribution in [0.3, 0.4) is 0 Å². The molecule has 2 rings (SSSR count). The van der Waals surface area contributed by atoms with Gasteiger partial charge < -0.3 is 5.73 Å². The molecule has 2 N–H and O–H groups in total. The number of rotatable bonds is 0. The summed E-state index contributed by atoms with van der Waals surface area (Å²) in [5.41, 5.74) is 6.78. The Morgan fingerprint density at radius 3 is 3.09 bits per heavy atom. The van der Waals surface area contributed by atoms with Crippen molar-refractivity contribution in [3.8, 4) is 0 Å². The van der Waals surface area contributed by atoms with Gasteiger partial charge in [0.05, 0.1) is 7.76 Å². The first-order chi connectivity index (χ1) is 5.18. The maximum Gasteiger partial charge on any atom is 0.175 e.